The molecule has 2 aromatic rings. The standard InChI is InChI=1S/C14H14ClNO2/c1-10-11(9-15)8-13(18-10)14(17)16(2)12-6-4-3-5-7-12/h3-8H,9H2,1-2H3. The van der Waals surface area contributed by atoms with E-state index in [1.807, 2.05) is 30.3 Å². The van der Waals surface area contributed by atoms with Crippen molar-refractivity contribution in [1.29, 1.82) is 0 Å². The normalized spacial score (nSPS) is 10.4. The largest absolute Gasteiger partial charge is 0.456 e. The summed E-state index contributed by atoms with van der Waals surface area (Å²) in [4.78, 5) is 13.8. The number of hydrogen-bond acceptors (Lipinski definition) is 2. The highest BCUT2D eigenvalue weighted by Crippen LogP contribution is 2.20. The van der Waals surface area contributed by atoms with Gasteiger partial charge in [0.1, 0.15) is 5.76 Å². The second-order valence-electron chi connectivity index (χ2n) is 4.03. The van der Waals surface area contributed by atoms with Crippen LogP contribution in [-0.2, 0) is 5.88 Å². The predicted molar refractivity (Wildman–Crippen MR) is 72.2 cm³/mol. The second kappa shape index (κ2) is 5.27. The SMILES string of the molecule is Cc1oc(C(=O)N(C)c2ccccc2)cc1CCl. The first-order valence-electron chi connectivity index (χ1n) is 5.62. The summed E-state index contributed by atoms with van der Waals surface area (Å²) in [5.41, 5.74) is 1.67. The van der Waals surface area contributed by atoms with Crippen LogP contribution >= 0.6 is 11.6 Å². The number of aryl methyl sites for hydroxylation is 1. The number of amides is 1. The first-order valence-corrected chi connectivity index (χ1v) is 6.15. The third-order valence-electron chi connectivity index (χ3n) is 2.82. The maximum absolute atomic E-state index is 12.2. The van der Waals surface area contributed by atoms with E-state index in [-0.39, 0.29) is 5.91 Å². The highest BCUT2D eigenvalue weighted by Gasteiger charge is 2.18. The number of benzene rings is 1. The van der Waals surface area contributed by atoms with Crippen molar-refractivity contribution in [2.45, 2.75) is 12.8 Å². The highest BCUT2D eigenvalue weighted by atomic mass is 35.5. The lowest BCUT2D eigenvalue weighted by molar-refractivity contribution is 0.0965. The number of furan rings is 1. The Morgan fingerprint density at radius 2 is 2.00 bits per heavy atom. The van der Waals surface area contributed by atoms with Crippen LogP contribution in [0, 0.1) is 6.92 Å². The van der Waals surface area contributed by atoms with Crippen LogP contribution in [0.5, 0.6) is 0 Å². The van der Waals surface area contributed by atoms with E-state index in [9.17, 15) is 4.79 Å². The molecule has 0 unspecified atom stereocenters. The molecule has 0 aliphatic rings. The fraction of sp³-hybridized carbons (Fsp3) is 0.214. The average molecular weight is 264 g/mol. The Morgan fingerprint density at radius 3 is 2.56 bits per heavy atom. The minimum atomic E-state index is -0.180. The Hall–Kier alpha value is -1.74. The van der Waals surface area contributed by atoms with Gasteiger partial charge in [-0.1, -0.05) is 18.2 Å². The molecule has 3 nitrogen and oxygen atoms in total. The van der Waals surface area contributed by atoms with Crippen LogP contribution < -0.4 is 4.90 Å². The number of rotatable bonds is 3. The number of alkyl halides is 1. The van der Waals surface area contributed by atoms with Crippen LogP contribution in [-0.4, -0.2) is 13.0 Å². The summed E-state index contributed by atoms with van der Waals surface area (Å²) in [6.45, 7) is 1.80. The van der Waals surface area contributed by atoms with Crippen LogP contribution in [0.1, 0.15) is 21.9 Å². The maximum atomic E-state index is 12.2. The van der Waals surface area contributed by atoms with E-state index in [1.165, 1.54) is 0 Å². The molecule has 2 rings (SSSR count). The molecule has 0 aliphatic carbocycles. The summed E-state index contributed by atoms with van der Waals surface area (Å²) in [6, 6.07) is 11.1. The molecule has 1 amide bonds. The van der Waals surface area contributed by atoms with E-state index in [2.05, 4.69) is 0 Å². The number of carbonyl (C=O) groups excluding carboxylic acids is 1. The van der Waals surface area contributed by atoms with E-state index in [0.29, 0.717) is 17.4 Å². The Morgan fingerprint density at radius 1 is 1.33 bits per heavy atom. The van der Waals surface area contributed by atoms with Gasteiger partial charge in [0.2, 0.25) is 0 Å². The molecule has 1 aromatic heterocycles. The number of anilines is 1. The van der Waals surface area contributed by atoms with Crippen molar-refractivity contribution in [1.82, 2.24) is 0 Å². The molecule has 1 aromatic carbocycles. The smallest absolute Gasteiger partial charge is 0.293 e. The zero-order valence-electron chi connectivity index (χ0n) is 10.3. The van der Waals surface area contributed by atoms with E-state index in [4.69, 9.17) is 16.0 Å². The van der Waals surface area contributed by atoms with E-state index in [1.54, 1.807) is 24.9 Å². The van der Waals surface area contributed by atoms with Crippen molar-refractivity contribution in [3.63, 3.8) is 0 Å². The molecule has 94 valence electrons. The molecule has 4 heteroatoms. The lowest BCUT2D eigenvalue weighted by Crippen LogP contribution is -2.25. The van der Waals surface area contributed by atoms with E-state index >= 15 is 0 Å². The number of carbonyl (C=O) groups is 1. The Labute approximate surface area is 111 Å². The molecule has 0 N–H and O–H groups in total. The van der Waals surface area contributed by atoms with Gasteiger partial charge in [0.25, 0.3) is 5.91 Å². The summed E-state index contributed by atoms with van der Waals surface area (Å²) < 4.78 is 5.43. The quantitative estimate of drug-likeness (QED) is 0.793. The van der Waals surface area contributed by atoms with Gasteiger partial charge < -0.3 is 9.32 Å². The topological polar surface area (TPSA) is 33.5 Å². The fourth-order valence-electron chi connectivity index (χ4n) is 1.69. The predicted octanol–water partition coefficient (Wildman–Crippen LogP) is 3.60. The first kappa shape index (κ1) is 12.7. The minimum absolute atomic E-state index is 0.180. The second-order valence-corrected chi connectivity index (χ2v) is 4.29. The number of nitrogens with zero attached hydrogens (tertiary/aromatic N) is 1. The third kappa shape index (κ3) is 2.41. The van der Waals surface area contributed by atoms with Gasteiger partial charge in [-0.15, -0.1) is 11.6 Å². The van der Waals surface area contributed by atoms with Gasteiger partial charge in [-0.05, 0) is 25.1 Å². The van der Waals surface area contributed by atoms with Crippen LogP contribution in [0.25, 0.3) is 0 Å². The van der Waals surface area contributed by atoms with Gasteiger partial charge >= 0.3 is 0 Å². The molecule has 0 spiro atoms. The molecule has 1 heterocycles. The zero-order valence-corrected chi connectivity index (χ0v) is 11.1. The van der Waals surface area contributed by atoms with Gasteiger partial charge in [0, 0.05) is 18.3 Å². The molecule has 0 saturated carbocycles. The van der Waals surface area contributed by atoms with Crippen LogP contribution in [0.15, 0.2) is 40.8 Å². The molecule has 0 radical (unpaired) electrons. The van der Waals surface area contributed by atoms with E-state index in [0.717, 1.165) is 11.3 Å². The van der Waals surface area contributed by atoms with Crippen molar-refractivity contribution in [2.75, 3.05) is 11.9 Å². The van der Waals surface area contributed by atoms with Crippen molar-refractivity contribution < 1.29 is 9.21 Å². The highest BCUT2D eigenvalue weighted by molar-refractivity contribution is 6.17. The maximum Gasteiger partial charge on any atom is 0.293 e. The monoisotopic (exact) mass is 263 g/mol. The Kier molecular flexibility index (Phi) is 3.72. The van der Waals surface area contributed by atoms with Gasteiger partial charge in [-0.3, -0.25) is 4.79 Å². The number of hydrogen-bond donors (Lipinski definition) is 0. The number of para-hydroxylation sites is 1. The summed E-state index contributed by atoms with van der Waals surface area (Å²) in [5, 5.41) is 0. The molecule has 0 fully saturated rings. The van der Waals surface area contributed by atoms with Crippen LogP contribution in [0.4, 0.5) is 5.69 Å². The minimum Gasteiger partial charge on any atom is -0.456 e. The average Bonchev–Trinajstić information content (AvgIpc) is 2.79. The molecule has 0 bridgehead atoms. The first-order chi connectivity index (χ1) is 8.63. The molecule has 0 atom stereocenters. The molecular formula is C14H14ClNO2. The van der Waals surface area contributed by atoms with Gasteiger partial charge in [0.15, 0.2) is 5.76 Å². The summed E-state index contributed by atoms with van der Waals surface area (Å²) in [6.07, 6.45) is 0. The summed E-state index contributed by atoms with van der Waals surface area (Å²) >= 11 is 5.76. The molecular weight excluding hydrogens is 250 g/mol. The molecule has 18 heavy (non-hydrogen) atoms. The summed E-state index contributed by atoms with van der Waals surface area (Å²) in [5.74, 6) is 1.17. The van der Waals surface area contributed by atoms with Crippen molar-refractivity contribution in [3.05, 3.63) is 53.5 Å². The van der Waals surface area contributed by atoms with Gasteiger partial charge in [0.05, 0.1) is 5.88 Å². The lowest BCUT2D eigenvalue weighted by Gasteiger charge is -2.15. The van der Waals surface area contributed by atoms with Gasteiger partial charge in [-0.25, -0.2) is 0 Å². The fourth-order valence-corrected chi connectivity index (χ4v) is 1.96. The van der Waals surface area contributed by atoms with Crippen LogP contribution in [0.2, 0.25) is 0 Å². The van der Waals surface area contributed by atoms with Gasteiger partial charge in [-0.2, -0.15) is 0 Å². The van der Waals surface area contributed by atoms with Crippen LogP contribution in [0.3, 0.4) is 0 Å². The Balaban J connectivity index is 2.26. The lowest BCUT2D eigenvalue weighted by atomic mass is 10.2. The molecule has 0 aliphatic heterocycles. The Bertz CT molecular complexity index is 548. The third-order valence-corrected chi connectivity index (χ3v) is 3.11. The van der Waals surface area contributed by atoms with E-state index < -0.39 is 0 Å². The number of halogens is 1. The molecule has 0 saturated heterocycles. The van der Waals surface area contributed by atoms with Crippen molar-refractivity contribution in [2.24, 2.45) is 0 Å². The van der Waals surface area contributed by atoms with Crippen molar-refractivity contribution >= 4 is 23.2 Å². The zero-order chi connectivity index (χ0) is 13.1. The van der Waals surface area contributed by atoms with Crippen molar-refractivity contribution in [3.8, 4) is 0 Å². The summed E-state index contributed by atoms with van der Waals surface area (Å²) in [7, 11) is 1.72.